The van der Waals surface area contributed by atoms with Gasteiger partial charge in [-0.1, -0.05) is 13.3 Å². The molecule has 1 aromatic carbocycles. The van der Waals surface area contributed by atoms with E-state index in [1.165, 1.54) is 54.0 Å². The van der Waals surface area contributed by atoms with Crippen LogP contribution >= 0.6 is 13.6 Å². The van der Waals surface area contributed by atoms with Crippen molar-refractivity contribution in [1.29, 1.82) is 0 Å². The van der Waals surface area contributed by atoms with E-state index in [0.29, 0.717) is 6.10 Å². The number of hydrogen-bond donors (Lipinski definition) is 0. The first kappa shape index (κ1) is 14.2. The van der Waals surface area contributed by atoms with E-state index in [4.69, 9.17) is 4.74 Å². The standard InChI is InChI=1S/C13H17O.BrH.Zn/c1-11-7-9-13(10-8-11)14-12-5-3-2-4-6-12;;/h7-9,12H,2-6H2,1H3;1H;/q-1;;+2/p-1. The fourth-order valence-corrected chi connectivity index (χ4v) is 1.92. The van der Waals surface area contributed by atoms with Crippen LogP contribution in [0.3, 0.4) is 0 Å². The van der Waals surface area contributed by atoms with Crippen LogP contribution < -0.4 is 4.74 Å². The topological polar surface area (TPSA) is 9.23 Å². The first-order valence-corrected chi connectivity index (χ1v) is 12.7. The zero-order valence-electron chi connectivity index (χ0n) is 9.84. The van der Waals surface area contributed by atoms with Gasteiger partial charge in [-0.25, -0.2) is 0 Å². The van der Waals surface area contributed by atoms with Gasteiger partial charge in [0.25, 0.3) is 0 Å². The maximum absolute atomic E-state index is 5.85. The van der Waals surface area contributed by atoms with Gasteiger partial charge in [0, 0.05) is 5.75 Å². The van der Waals surface area contributed by atoms with Gasteiger partial charge in [0.15, 0.2) is 0 Å². The van der Waals surface area contributed by atoms with E-state index in [-0.39, 0.29) is 0 Å². The second-order valence-electron chi connectivity index (χ2n) is 4.11. The summed E-state index contributed by atoms with van der Waals surface area (Å²) < 4.78 is 5.85. The average Bonchev–Trinajstić information content (AvgIpc) is 2.36. The van der Waals surface area contributed by atoms with Crippen molar-refractivity contribution < 1.29 is 21.1 Å². The molecule has 0 heterocycles. The van der Waals surface area contributed by atoms with Crippen molar-refractivity contribution in [2.24, 2.45) is 0 Å². The molecule has 3 heteroatoms. The summed E-state index contributed by atoms with van der Waals surface area (Å²) >= 11 is 4.25. The van der Waals surface area contributed by atoms with Crippen molar-refractivity contribution in [3.8, 4) is 5.75 Å². The van der Waals surface area contributed by atoms with Crippen LogP contribution in [0.5, 0.6) is 5.75 Å². The summed E-state index contributed by atoms with van der Waals surface area (Å²) in [6.07, 6.45) is 6.86. The molecule has 1 fully saturated rings. The van der Waals surface area contributed by atoms with E-state index in [2.05, 4.69) is 32.7 Å². The number of halogens is 1. The molecule has 1 aromatic rings. The van der Waals surface area contributed by atoms with E-state index < -0.39 is 0 Å². The third kappa shape index (κ3) is 4.97. The van der Waals surface area contributed by atoms with E-state index in [0.717, 1.165) is 5.75 Å². The fraction of sp³-hybridized carbons (Fsp3) is 0.538. The second-order valence-corrected chi connectivity index (χ2v) is 4.11. The normalized spacial score (nSPS) is 16.2. The summed E-state index contributed by atoms with van der Waals surface area (Å²) in [4.78, 5) is 0. The van der Waals surface area contributed by atoms with Gasteiger partial charge >= 0.3 is 30.0 Å². The molecule has 0 aliphatic heterocycles. The number of rotatable bonds is 2. The number of aryl methyl sites for hydroxylation is 1. The molecule has 0 N–H and O–H groups in total. The van der Waals surface area contributed by atoms with Crippen molar-refractivity contribution in [2.45, 2.75) is 45.1 Å². The quantitative estimate of drug-likeness (QED) is 0.577. The van der Waals surface area contributed by atoms with Crippen molar-refractivity contribution in [3.05, 3.63) is 29.8 Å². The van der Waals surface area contributed by atoms with Crippen LogP contribution in [0, 0.1) is 13.0 Å². The molecule has 0 aromatic heterocycles. The molecule has 0 bridgehead atoms. The third-order valence-corrected chi connectivity index (χ3v) is 2.79. The summed E-state index contributed by atoms with van der Waals surface area (Å²) in [5.74, 6) is 0.905. The van der Waals surface area contributed by atoms with Crippen molar-refractivity contribution in [3.63, 3.8) is 0 Å². The monoisotopic (exact) mass is 332 g/mol. The van der Waals surface area contributed by atoms with Crippen molar-refractivity contribution in [2.75, 3.05) is 0 Å². The minimum absolute atomic E-state index is 0.433. The first-order valence-electron chi connectivity index (χ1n) is 5.76. The van der Waals surface area contributed by atoms with Gasteiger partial charge in [-0.2, -0.15) is 17.7 Å². The van der Waals surface area contributed by atoms with Crippen LogP contribution in [0.1, 0.15) is 37.7 Å². The van der Waals surface area contributed by atoms with Crippen LogP contribution in [0.15, 0.2) is 18.2 Å². The van der Waals surface area contributed by atoms with Gasteiger partial charge in [0.05, 0.1) is 6.10 Å². The summed E-state index contributed by atoms with van der Waals surface area (Å²) in [5, 5.41) is 0. The van der Waals surface area contributed by atoms with Crippen LogP contribution in [0.4, 0.5) is 0 Å². The van der Waals surface area contributed by atoms with Crippen LogP contribution in [-0.2, 0) is 16.3 Å². The van der Waals surface area contributed by atoms with Crippen LogP contribution in [0.2, 0.25) is 0 Å². The summed E-state index contributed by atoms with van der Waals surface area (Å²) in [5.41, 5.74) is 1.24. The summed E-state index contributed by atoms with van der Waals surface area (Å²) in [6.45, 7) is 2.07. The fourth-order valence-electron chi connectivity index (χ4n) is 1.92. The van der Waals surface area contributed by atoms with Gasteiger partial charge in [-0.15, -0.1) is 12.1 Å². The molecule has 1 aliphatic rings. The molecule has 84 valence electrons. The Morgan fingerprint density at radius 3 is 2.50 bits per heavy atom. The Labute approximate surface area is 115 Å². The zero-order valence-corrected chi connectivity index (χ0v) is 14.4. The Morgan fingerprint density at radius 2 is 1.94 bits per heavy atom. The van der Waals surface area contributed by atoms with Crippen molar-refractivity contribution in [1.82, 2.24) is 0 Å². The van der Waals surface area contributed by atoms with E-state index in [1.807, 2.05) is 12.1 Å². The first-order chi connectivity index (χ1) is 7.84. The Balaban J connectivity index is 0.000000606. The Bertz CT molecular complexity index is 280. The molecular weight excluding hydrogens is 317 g/mol. The van der Waals surface area contributed by atoms with E-state index in [1.54, 1.807) is 0 Å². The molecule has 1 aliphatic carbocycles. The van der Waals surface area contributed by atoms with E-state index >= 15 is 0 Å². The molecule has 1 saturated carbocycles. The van der Waals surface area contributed by atoms with Gasteiger partial charge in [-0.3, -0.25) is 0 Å². The number of hydrogen-bond acceptors (Lipinski definition) is 1. The predicted molar refractivity (Wildman–Crippen MR) is 66.4 cm³/mol. The summed E-state index contributed by atoms with van der Waals surface area (Å²) in [6, 6.07) is 9.24. The molecule has 0 amide bonds. The molecule has 0 atom stereocenters. The van der Waals surface area contributed by atoms with Crippen LogP contribution in [0.25, 0.3) is 0 Å². The Hall–Kier alpha value is 0.123. The van der Waals surface area contributed by atoms with Gasteiger partial charge in [-0.05, 0) is 25.7 Å². The molecular formula is C13H17BrOZn. The van der Waals surface area contributed by atoms with E-state index in [9.17, 15) is 0 Å². The molecule has 2 rings (SSSR count). The SMILES string of the molecule is Cc1c[c-]c(OC2CCCCC2)cc1.[Zn+][Br]. The van der Waals surface area contributed by atoms with Crippen molar-refractivity contribution >= 4 is 13.6 Å². The molecule has 0 saturated heterocycles. The number of ether oxygens (including phenoxy) is 1. The molecule has 0 radical (unpaired) electrons. The Morgan fingerprint density at radius 1 is 1.25 bits per heavy atom. The number of benzene rings is 1. The second kappa shape index (κ2) is 8.25. The minimum atomic E-state index is 0.433. The molecule has 16 heavy (non-hydrogen) atoms. The molecule has 1 nitrogen and oxygen atoms in total. The average molecular weight is 335 g/mol. The maximum atomic E-state index is 5.85. The molecule has 0 unspecified atom stereocenters. The third-order valence-electron chi connectivity index (χ3n) is 2.79. The zero-order chi connectivity index (χ0) is 11.8. The van der Waals surface area contributed by atoms with Crippen LogP contribution in [-0.4, -0.2) is 6.10 Å². The molecule has 0 spiro atoms. The van der Waals surface area contributed by atoms with Gasteiger partial charge in [0.2, 0.25) is 0 Å². The predicted octanol–water partition coefficient (Wildman–Crippen LogP) is 4.35. The summed E-state index contributed by atoms with van der Waals surface area (Å²) in [7, 11) is 0. The van der Waals surface area contributed by atoms with Gasteiger partial charge < -0.3 is 4.74 Å². The van der Waals surface area contributed by atoms with Gasteiger partial charge in [0.1, 0.15) is 0 Å². The Kier molecular flexibility index (Phi) is 7.31.